The van der Waals surface area contributed by atoms with Gasteiger partial charge in [-0.05, 0) is 43.4 Å². The quantitative estimate of drug-likeness (QED) is 0.601. The van der Waals surface area contributed by atoms with E-state index in [4.69, 9.17) is 4.74 Å². The van der Waals surface area contributed by atoms with Gasteiger partial charge in [0, 0.05) is 5.56 Å². The first-order valence-electron chi connectivity index (χ1n) is 8.19. The van der Waals surface area contributed by atoms with E-state index in [1.54, 1.807) is 6.92 Å². The molecule has 150 valence electrons. The maximum atomic E-state index is 14.4. The molecule has 2 N–H and O–H groups in total. The Bertz CT molecular complexity index is 666. The van der Waals surface area contributed by atoms with E-state index in [1.807, 2.05) is 0 Å². The van der Waals surface area contributed by atoms with Crippen molar-refractivity contribution in [2.24, 2.45) is 0 Å². The standard InChI is InChI=1S/C17H26F3O5P/c1-6-11(2)25-26(22,23)17(19,20)15(21)10-16(3,4)13-9-12(18)7-8-14(13)24-5/h7-9,11,15,21H,6,10H2,1-5H3,(H,22,23). The topological polar surface area (TPSA) is 76.0 Å². The Hall–Kier alpha value is -1.08. The highest BCUT2D eigenvalue weighted by molar-refractivity contribution is 7.54. The van der Waals surface area contributed by atoms with E-state index in [1.165, 1.54) is 33.9 Å². The molecule has 0 aliphatic carbocycles. The molecule has 3 unspecified atom stereocenters. The van der Waals surface area contributed by atoms with Gasteiger partial charge in [0.25, 0.3) is 0 Å². The number of aliphatic hydroxyl groups is 1. The summed E-state index contributed by atoms with van der Waals surface area (Å²) in [4.78, 5) is 9.67. The van der Waals surface area contributed by atoms with Crippen molar-refractivity contribution >= 4 is 7.60 Å². The normalized spacial score (nSPS) is 17.5. The molecule has 3 atom stereocenters. The van der Waals surface area contributed by atoms with Crippen molar-refractivity contribution in [2.45, 2.75) is 63.8 Å². The van der Waals surface area contributed by atoms with Crippen molar-refractivity contribution in [3.8, 4) is 5.75 Å². The van der Waals surface area contributed by atoms with Crippen molar-refractivity contribution in [2.75, 3.05) is 7.11 Å². The van der Waals surface area contributed by atoms with Crippen LogP contribution in [-0.4, -0.2) is 35.0 Å². The van der Waals surface area contributed by atoms with Gasteiger partial charge in [0.15, 0.2) is 0 Å². The largest absolute Gasteiger partial charge is 0.496 e. The van der Waals surface area contributed by atoms with E-state index in [2.05, 4.69) is 4.52 Å². The van der Waals surface area contributed by atoms with Crippen LogP contribution >= 0.6 is 7.60 Å². The lowest BCUT2D eigenvalue weighted by atomic mass is 9.79. The second kappa shape index (κ2) is 8.30. The molecular weight excluding hydrogens is 372 g/mol. The summed E-state index contributed by atoms with van der Waals surface area (Å²) in [6.07, 6.45) is -3.72. The molecule has 0 aromatic heterocycles. The number of halogens is 3. The SMILES string of the molecule is CCC(C)OP(=O)(O)C(F)(F)C(O)CC(C)(C)c1cc(F)ccc1OC. The van der Waals surface area contributed by atoms with Gasteiger partial charge in [-0.1, -0.05) is 20.8 Å². The first kappa shape index (κ1) is 23.0. The van der Waals surface area contributed by atoms with Crippen molar-refractivity contribution in [3.05, 3.63) is 29.6 Å². The number of rotatable bonds is 9. The Morgan fingerprint density at radius 1 is 1.31 bits per heavy atom. The van der Waals surface area contributed by atoms with Crippen LogP contribution in [0.2, 0.25) is 0 Å². The summed E-state index contributed by atoms with van der Waals surface area (Å²) in [5.41, 5.74) is -5.30. The zero-order valence-corrected chi connectivity index (χ0v) is 16.4. The molecule has 0 heterocycles. The summed E-state index contributed by atoms with van der Waals surface area (Å²) in [6.45, 7) is 5.99. The smallest absolute Gasteiger partial charge is 0.400 e. The molecule has 0 spiro atoms. The number of hydrogen-bond donors (Lipinski definition) is 2. The van der Waals surface area contributed by atoms with Gasteiger partial charge < -0.3 is 19.3 Å². The maximum Gasteiger partial charge on any atom is 0.400 e. The molecule has 1 rings (SSSR count). The predicted octanol–water partition coefficient (Wildman–Crippen LogP) is 4.46. The Labute approximate surface area is 151 Å². The van der Waals surface area contributed by atoms with Gasteiger partial charge >= 0.3 is 13.3 Å². The molecule has 0 radical (unpaired) electrons. The summed E-state index contributed by atoms with van der Waals surface area (Å²) >= 11 is 0. The molecule has 0 amide bonds. The van der Waals surface area contributed by atoms with Crippen molar-refractivity contribution in [1.82, 2.24) is 0 Å². The van der Waals surface area contributed by atoms with Gasteiger partial charge in [-0.15, -0.1) is 0 Å². The fourth-order valence-electron chi connectivity index (χ4n) is 2.50. The van der Waals surface area contributed by atoms with E-state index < -0.39 is 43.1 Å². The molecule has 0 saturated heterocycles. The molecule has 5 nitrogen and oxygen atoms in total. The average molecular weight is 398 g/mol. The molecular formula is C17H26F3O5P. The van der Waals surface area contributed by atoms with Crippen molar-refractivity contribution < 1.29 is 37.0 Å². The third-order valence-corrected chi connectivity index (χ3v) is 5.97. The van der Waals surface area contributed by atoms with Crippen LogP contribution in [0.1, 0.15) is 46.1 Å². The number of hydrogen-bond acceptors (Lipinski definition) is 4. The summed E-state index contributed by atoms with van der Waals surface area (Å²) in [6, 6.07) is 3.63. The van der Waals surface area contributed by atoms with E-state index >= 15 is 0 Å². The van der Waals surface area contributed by atoms with Gasteiger partial charge in [-0.2, -0.15) is 8.78 Å². The predicted molar refractivity (Wildman–Crippen MR) is 92.2 cm³/mol. The van der Waals surface area contributed by atoms with Crippen LogP contribution in [0, 0.1) is 5.82 Å². The second-order valence-electron chi connectivity index (χ2n) is 6.88. The molecule has 0 saturated carbocycles. The number of methoxy groups -OCH3 is 1. The van der Waals surface area contributed by atoms with Crippen LogP contribution in [-0.2, 0) is 14.5 Å². The first-order valence-corrected chi connectivity index (χ1v) is 9.77. The number of benzene rings is 1. The third-order valence-electron chi connectivity index (χ3n) is 4.27. The number of alkyl halides is 2. The Morgan fingerprint density at radius 2 is 1.88 bits per heavy atom. The van der Waals surface area contributed by atoms with Gasteiger partial charge in [0.05, 0.1) is 13.2 Å². The van der Waals surface area contributed by atoms with Gasteiger partial charge in [-0.25, -0.2) is 4.39 Å². The van der Waals surface area contributed by atoms with Crippen LogP contribution in [0.5, 0.6) is 5.75 Å². The molecule has 9 heteroatoms. The summed E-state index contributed by atoms with van der Waals surface area (Å²) in [5.74, 6) is -0.335. The van der Waals surface area contributed by atoms with Crippen LogP contribution in [0.4, 0.5) is 13.2 Å². The summed E-state index contributed by atoms with van der Waals surface area (Å²) in [7, 11) is -4.07. The minimum atomic E-state index is -5.42. The summed E-state index contributed by atoms with van der Waals surface area (Å²) < 4.78 is 64.1. The molecule has 0 aliphatic rings. The van der Waals surface area contributed by atoms with Gasteiger partial charge in [0.2, 0.25) is 0 Å². The zero-order valence-electron chi connectivity index (χ0n) is 15.5. The molecule has 1 aromatic carbocycles. The second-order valence-corrected chi connectivity index (χ2v) is 8.73. The molecule has 0 bridgehead atoms. The highest BCUT2D eigenvalue weighted by Crippen LogP contribution is 2.61. The fraction of sp³-hybridized carbons (Fsp3) is 0.647. The van der Waals surface area contributed by atoms with Crippen molar-refractivity contribution in [1.29, 1.82) is 0 Å². The maximum absolute atomic E-state index is 14.4. The monoisotopic (exact) mass is 398 g/mol. The van der Waals surface area contributed by atoms with Crippen LogP contribution < -0.4 is 4.74 Å². The lowest BCUT2D eigenvalue weighted by molar-refractivity contribution is -0.0752. The van der Waals surface area contributed by atoms with E-state index in [9.17, 15) is 27.7 Å². The highest BCUT2D eigenvalue weighted by atomic mass is 31.2. The van der Waals surface area contributed by atoms with Crippen LogP contribution in [0.15, 0.2) is 18.2 Å². The van der Waals surface area contributed by atoms with Crippen LogP contribution in [0.25, 0.3) is 0 Å². The lowest BCUT2D eigenvalue weighted by Gasteiger charge is -2.34. The number of ether oxygens (including phenoxy) is 1. The Balaban J connectivity index is 3.12. The average Bonchev–Trinajstić information content (AvgIpc) is 2.53. The van der Waals surface area contributed by atoms with E-state index in [-0.39, 0.29) is 17.7 Å². The zero-order chi connectivity index (χ0) is 20.3. The first-order chi connectivity index (χ1) is 11.8. The Kier molecular flexibility index (Phi) is 7.33. The minimum absolute atomic E-state index is 0.253. The third kappa shape index (κ3) is 5.00. The van der Waals surface area contributed by atoms with Gasteiger partial charge in [0.1, 0.15) is 17.7 Å². The highest BCUT2D eigenvalue weighted by Gasteiger charge is 2.58. The van der Waals surface area contributed by atoms with E-state index in [0.29, 0.717) is 0 Å². The minimum Gasteiger partial charge on any atom is -0.496 e. The Morgan fingerprint density at radius 3 is 2.38 bits per heavy atom. The molecule has 0 aliphatic heterocycles. The number of aliphatic hydroxyl groups excluding tert-OH is 1. The molecule has 0 fully saturated rings. The van der Waals surface area contributed by atoms with Crippen molar-refractivity contribution in [3.63, 3.8) is 0 Å². The lowest BCUT2D eigenvalue weighted by Crippen LogP contribution is -2.39. The fourth-order valence-corrected chi connectivity index (χ4v) is 3.75. The van der Waals surface area contributed by atoms with Crippen LogP contribution in [0.3, 0.4) is 0 Å². The summed E-state index contributed by atoms with van der Waals surface area (Å²) in [5, 5.41) is 10.0. The molecule has 1 aromatic rings. The molecule has 26 heavy (non-hydrogen) atoms. The van der Waals surface area contributed by atoms with Gasteiger partial charge in [-0.3, -0.25) is 4.57 Å². The van der Waals surface area contributed by atoms with E-state index in [0.717, 1.165) is 12.1 Å².